The highest BCUT2D eigenvalue weighted by molar-refractivity contribution is 5.84. The number of hydrogen-bond donors (Lipinski definition) is 3. The zero-order valence-electron chi connectivity index (χ0n) is 15.5. The Morgan fingerprint density at radius 2 is 1.96 bits per heavy atom. The Bertz CT molecular complexity index is 848. The molecule has 1 aromatic carbocycles. The molecular weight excluding hydrogens is 328 g/mol. The normalized spacial score (nSPS) is 12.5. The Hall–Kier alpha value is -2.67. The second kappa shape index (κ2) is 8.14. The molecule has 3 rings (SSSR count). The summed E-state index contributed by atoms with van der Waals surface area (Å²) in [6.07, 6.45) is 2.58. The number of aromatic nitrogens is 4. The largest absolute Gasteiger partial charge is 0.394 e. The summed E-state index contributed by atoms with van der Waals surface area (Å²) in [5.74, 6) is 1.19. The molecule has 0 aliphatic rings. The standard InChI is InChI=1S/C19H26N6O.H2/c1-4-15(11-26)22-19-23-17(20-10-14-8-6-5-7-9-14)16-18(24-19)25(12-21-16)13(2)3;/h5-9,12-13,15,26H,4,10-11H2,1-3H3,(H2,20,22,23,24);1H/t15-;/m1./s1. The van der Waals surface area contributed by atoms with Crippen LogP contribution in [0.25, 0.3) is 11.2 Å². The highest BCUT2D eigenvalue weighted by atomic mass is 16.3. The van der Waals surface area contributed by atoms with Gasteiger partial charge in [0.2, 0.25) is 5.95 Å². The number of benzene rings is 1. The Kier molecular flexibility index (Phi) is 5.68. The molecule has 1 atom stereocenters. The van der Waals surface area contributed by atoms with E-state index >= 15 is 0 Å². The minimum absolute atomic E-state index is 0. The smallest absolute Gasteiger partial charge is 0.227 e. The first kappa shape index (κ1) is 18.1. The number of rotatable bonds is 8. The molecule has 0 amide bonds. The number of anilines is 2. The molecule has 0 unspecified atom stereocenters. The van der Waals surface area contributed by atoms with Crippen LogP contribution in [0.4, 0.5) is 11.8 Å². The summed E-state index contributed by atoms with van der Waals surface area (Å²) in [6, 6.07) is 10.3. The van der Waals surface area contributed by atoms with E-state index in [-0.39, 0.29) is 20.1 Å². The van der Waals surface area contributed by atoms with Crippen LogP contribution in [-0.4, -0.2) is 37.3 Å². The zero-order valence-corrected chi connectivity index (χ0v) is 15.5. The van der Waals surface area contributed by atoms with Gasteiger partial charge in [-0.1, -0.05) is 37.3 Å². The minimum atomic E-state index is -0.0788. The van der Waals surface area contributed by atoms with Crippen molar-refractivity contribution in [2.24, 2.45) is 0 Å². The molecule has 3 aromatic rings. The van der Waals surface area contributed by atoms with Crippen LogP contribution in [0.15, 0.2) is 36.7 Å². The van der Waals surface area contributed by atoms with Crippen LogP contribution < -0.4 is 10.6 Å². The molecule has 0 aliphatic carbocycles. The van der Waals surface area contributed by atoms with E-state index in [1.54, 1.807) is 6.33 Å². The summed E-state index contributed by atoms with van der Waals surface area (Å²) in [5, 5.41) is 16.1. The first-order chi connectivity index (χ1) is 12.6. The molecule has 0 radical (unpaired) electrons. The summed E-state index contributed by atoms with van der Waals surface area (Å²) >= 11 is 0. The van der Waals surface area contributed by atoms with E-state index < -0.39 is 0 Å². The van der Waals surface area contributed by atoms with Gasteiger partial charge in [0, 0.05) is 14.0 Å². The van der Waals surface area contributed by atoms with Gasteiger partial charge in [-0.15, -0.1) is 0 Å². The van der Waals surface area contributed by atoms with Crippen LogP contribution in [-0.2, 0) is 6.54 Å². The van der Waals surface area contributed by atoms with Gasteiger partial charge in [-0.3, -0.25) is 0 Å². The molecule has 140 valence electrons. The Balaban J connectivity index is 0.00000261. The van der Waals surface area contributed by atoms with Crippen molar-refractivity contribution in [1.82, 2.24) is 19.5 Å². The predicted octanol–water partition coefficient (Wildman–Crippen LogP) is 3.45. The molecule has 2 heterocycles. The molecule has 0 fully saturated rings. The van der Waals surface area contributed by atoms with Crippen LogP contribution in [0.2, 0.25) is 0 Å². The van der Waals surface area contributed by atoms with Crippen molar-refractivity contribution in [2.75, 3.05) is 17.2 Å². The lowest BCUT2D eigenvalue weighted by Crippen LogP contribution is -2.24. The van der Waals surface area contributed by atoms with Gasteiger partial charge in [0.15, 0.2) is 17.0 Å². The summed E-state index contributed by atoms with van der Waals surface area (Å²) in [5.41, 5.74) is 2.69. The SMILES string of the molecule is CC[C@H](CO)Nc1nc(NCc2ccccc2)c2ncn(C(C)C)c2n1.[HH]. The van der Waals surface area contributed by atoms with Gasteiger partial charge in [-0.2, -0.15) is 9.97 Å². The number of fused-ring (bicyclic) bond motifs is 1. The van der Waals surface area contributed by atoms with Crippen LogP contribution in [0.3, 0.4) is 0 Å². The number of hydrogen-bond acceptors (Lipinski definition) is 6. The molecule has 7 nitrogen and oxygen atoms in total. The second-order valence-corrected chi connectivity index (χ2v) is 6.58. The quantitative estimate of drug-likeness (QED) is 0.573. The topological polar surface area (TPSA) is 87.9 Å². The fourth-order valence-corrected chi connectivity index (χ4v) is 2.72. The maximum atomic E-state index is 9.47. The van der Waals surface area contributed by atoms with Crippen molar-refractivity contribution in [3.8, 4) is 0 Å². The van der Waals surface area contributed by atoms with Crippen LogP contribution >= 0.6 is 0 Å². The lowest BCUT2D eigenvalue weighted by atomic mass is 10.2. The first-order valence-corrected chi connectivity index (χ1v) is 9.02. The Morgan fingerprint density at radius 3 is 2.62 bits per heavy atom. The van der Waals surface area contributed by atoms with E-state index in [0.29, 0.717) is 18.3 Å². The second-order valence-electron chi connectivity index (χ2n) is 6.58. The predicted molar refractivity (Wildman–Crippen MR) is 106 cm³/mol. The van der Waals surface area contributed by atoms with Crippen molar-refractivity contribution in [3.05, 3.63) is 42.2 Å². The number of aliphatic hydroxyl groups excluding tert-OH is 1. The Morgan fingerprint density at radius 1 is 1.19 bits per heavy atom. The zero-order chi connectivity index (χ0) is 18.5. The maximum Gasteiger partial charge on any atom is 0.227 e. The van der Waals surface area contributed by atoms with Gasteiger partial charge < -0.3 is 20.3 Å². The molecular formula is C19H28N6O. The summed E-state index contributed by atoms with van der Waals surface area (Å²) in [4.78, 5) is 13.8. The average Bonchev–Trinajstić information content (AvgIpc) is 3.09. The number of nitrogens with one attached hydrogen (secondary N) is 2. The Labute approximate surface area is 155 Å². The molecule has 0 bridgehead atoms. The number of aliphatic hydroxyl groups is 1. The molecule has 0 aliphatic heterocycles. The van der Waals surface area contributed by atoms with Crippen LogP contribution in [0.5, 0.6) is 0 Å². The highest BCUT2D eigenvalue weighted by Gasteiger charge is 2.16. The minimum Gasteiger partial charge on any atom is -0.394 e. The molecule has 0 spiro atoms. The monoisotopic (exact) mass is 356 g/mol. The number of imidazole rings is 1. The van der Waals surface area contributed by atoms with Crippen molar-refractivity contribution < 1.29 is 6.53 Å². The van der Waals surface area contributed by atoms with Crippen molar-refractivity contribution >= 4 is 22.9 Å². The third-order valence-corrected chi connectivity index (χ3v) is 4.33. The highest BCUT2D eigenvalue weighted by Crippen LogP contribution is 2.24. The lowest BCUT2D eigenvalue weighted by Gasteiger charge is -2.16. The van der Waals surface area contributed by atoms with Gasteiger partial charge in [-0.05, 0) is 25.8 Å². The third kappa shape index (κ3) is 3.94. The van der Waals surface area contributed by atoms with Gasteiger partial charge in [-0.25, -0.2) is 4.98 Å². The van der Waals surface area contributed by atoms with E-state index in [0.717, 1.165) is 17.6 Å². The molecule has 3 N–H and O–H groups in total. The molecule has 2 aromatic heterocycles. The van der Waals surface area contributed by atoms with Crippen molar-refractivity contribution in [3.63, 3.8) is 0 Å². The van der Waals surface area contributed by atoms with Gasteiger partial charge in [0.05, 0.1) is 19.0 Å². The summed E-state index contributed by atoms with van der Waals surface area (Å²) < 4.78 is 2.02. The molecule has 26 heavy (non-hydrogen) atoms. The van der Waals surface area contributed by atoms with E-state index in [1.165, 1.54) is 5.56 Å². The van der Waals surface area contributed by atoms with Crippen molar-refractivity contribution in [2.45, 2.75) is 45.8 Å². The molecule has 7 heteroatoms. The van der Waals surface area contributed by atoms with Gasteiger partial charge >= 0.3 is 0 Å². The third-order valence-electron chi connectivity index (χ3n) is 4.33. The van der Waals surface area contributed by atoms with E-state index in [9.17, 15) is 5.11 Å². The van der Waals surface area contributed by atoms with Crippen LogP contribution in [0.1, 0.15) is 40.2 Å². The lowest BCUT2D eigenvalue weighted by molar-refractivity contribution is 0.271. The maximum absolute atomic E-state index is 9.47. The van der Waals surface area contributed by atoms with Gasteiger partial charge in [0.1, 0.15) is 0 Å². The molecule has 0 saturated heterocycles. The average molecular weight is 356 g/mol. The molecule has 0 saturated carbocycles. The van der Waals surface area contributed by atoms with E-state index in [1.807, 2.05) is 29.7 Å². The fraction of sp³-hybridized carbons (Fsp3) is 0.421. The first-order valence-electron chi connectivity index (χ1n) is 9.02. The summed E-state index contributed by atoms with van der Waals surface area (Å²) in [6.45, 7) is 6.89. The fourth-order valence-electron chi connectivity index (χ4n) is 2.72. The van der Waals surface area contributed by atoms with Crippen molar-refractivity contribution in [1.29, 1.82) is 0 Å². The van der Waals surface area contributed by atoms with E-state index in [2.05, 4.69) is 51.6 Å². The van der Waals surface area contributed by atoms with Crippen LogP contribution in [0, 0.1) is 0 Å². The summed E-state index contributed by atoms with van der Waals surface area (Å²) in [7, 11) is 0. The van der Waals surface area contributed by atoms with Gasteiger partial charge in [0.25, 0.3) is 0 Å². The van der Waals surface area contributed by atoms with E-state index in [4.69, 9.17) is 0 Å². The number of nitrogens with zero attached hydrogens (tertiary/aromatic N) is 4.